The highest BCUT2D eigenvalue weighted by molar-refractivity contribution is 7.22. The Morgan fingerprint density at radius 1 is 1.44 bits per heavy atom. The molecule has 2 aromatic rings. The molecule has 1 aromatic heterocycles. The highest BCUT2D eigenvalue weighted by atomic mass is 32.1. The minimum Gasteiger partial charge on any atom is -0.375 e. The van der Waals surface area contributed by atoms with Gasteiger partial charge in [-0.25, -0.2) is 4.98 Å². The van der Waals surface area contributed by atoms with E-state index in [-0.39, 0.29) is 0 Å². The lowest BCUT2D eigenvalue weighted by Crippen LogP contribution is -2.25. The molecule has 96 valence electrons. The number of rotatable bonds is 3. The van der Waals surface area contributed by atoms with Crippen molar-refractivity contribution < 1.29 is 0 Å². The van der Waals surface area contributed by atoms with Crippen LogP contribution in [-0.4, -0.2) is 11.0 Å². The van der Waals surface area contributed by atoms with Gasteiger partial charge >= 0.3 is 0 Å². The Morgan fingerprint density at radius 3 is 3.11 bits per heavy atom. The molecule has 1 aliphatic rings. The third-order valence-electron chi connectivity index (χ3n) is 3.76. The fourth-order valence-electron chi connectivity index (χ4n) is 2.75. The van der Waals surface area contributed by atoms with Crippen LogP contribution in [0.15, 0.2) is 18.2 Å². The van der Waals surface area contributed by atoms with Crippen LogP contribution in [0.2, 0.25) is 0 Å². The van der Waals surface area contributed by atoms with Crippen molar-refractivity contribution in [3.63, 3.8) is 0 Å². The van der Waals surface area contributed by atoms with Gasteiger partial charge in [0.2, 0.25) is 0 Å². The minimum absolute atomic E-state index is 0.653. The average Bonchev–Trinajstić information content (AvgIpc) is 2.90. The summed E-state index contributed by atoms with van der Waals surface area (Å²) in [6.07, 6.45) is 3.99. The van der Waals surface area contributed by atoms with E-state index in [1.807, 2.05) is 0 Å². The van der Waals surface area contributed by atoms with Gasteiger partial charge in [-0.1, -0.05) is 24.3 Å². The first kappa shape index (κ1) is 11.9. The molecule has 1 aliphatic carbocycles. The maximum atomic E-state index is 5.72. The summed E-state index contributed by atoms with van der Waals surface area (Å²) in [5.41, 5.74) is 8.06. The fraction of sp³-hybridized carbons (Fsp3) is 0.500. The third-order valence-corrected chi connectivity index (χ3v) is 4.61. The van der Waals surface area contributed by atoms with E-state index in [1.54, 1.807) is 11.3 Å². The van der Waals surface area contributed by atoms with Crippen LogP contribution >= 0.6 is 11.3 Å². The highest BCUT2D eigenvalue weighted by Crippen LogP contribution is 2.26. The molecule has 4 heteroatoms. The van der Waals surface area contributed by atoms with Crippen LogP contribution in [0.3, 0.4) is 0 Å². The standard InChI is InChI=1S/C14H19N3S/c1-9-2-4-11(6-9)16-8-10-3-5-12-13(7-10)18-14(15)17-12/h3,5,7,9,11,16H,2,4,6,8H2,1H3,(H2,15,17). The number of nitrogen functional groups attached to an aromatic ring is 1. The molecule has 0 bridgehead atoms. The number of benzene rings is 1. The highest BCUT2D eigenvalue weighted by Gasteiger charge is 2.20. The maximum Gasteiger partial charge on any atom is 0.181 e. The van der Waals surface area contributed by atoms with Gasteiger partial charge in [-0.15, -0.1) is 0 Å². The lowest BCUT2D eigenvalue weighted by Gasteiger charge is -2.12. The second-order valence-electron chi connectivity index (χ2n) is 5.35. The van der Waals surface area contributed by atoms with Crippen LogP contribution in [0.5, 0.6) is 0 Å². The number of nitrogens with one attached hydrogen (secondary N) is 1. The van der Waals surface area contributed by atoms with Gasteiger partial charge < -0.3 is 11.1 Å². The number of anilines is 1. The number of nitrogens with zero attached hydrogens (tertiary/aromatic N) is 1. The van der Waals surface area contributed by atoms with E-state index >= 15 is 0 Å². The van der Waals surface area contributed by atoms with Gasteiger partial charge in [0, 0.05) is 12.6 Å². The van der Waals surface area contributed by atoms with Crippen LogP contribution in [0, 0.1) is 5.92 Å². The average molecular weight is 261 g/mol. The molecular formula is C14H19N3S. The van der Waals surface area contributed by atoms with E-state index in [4.69, 9.17) is 5.73 Å². The van der Waals surface area contributed by atoms with Crippen molar-refractivity contribution in [2.24, 2.45) is 5.92 Å². The monoisotopic (exact) mass is 261 g/mol. The van der Waals surface area contributed by atoms with Crippen LogP contribution in [0.4, 0.5) is 5.13 Å². The Morgan fingerprint density at radius 2 is 2.33 bits per heavy atom. The molecule has 0 spiro atoms. The Balaban J connectivity index is 1.67. The van der Waals surface area contributed by atoms with Gasteiger partial charge in [0.05, 0.1) is 10.2 Å². The van der Waals surface area contributed by atoms with Crippen LogP contribution < -0.4 is 11.1 Å². The molecule has 0 amide bonds. The van der Waals surface area contributed by atoms with Crippen molar-refractivity contribution in [2.75, 3.05) is 5.73 Å². The summed E-state index contributed by atoms with van der Waals surface area (Å²) < 4.78 is 1.19. The summed E-state index contributed by atoms with van der Waals surface area (Å²) in [7, 11) is 0. The predicted octanol–water partition coefficient (Wildman–Crippen LogP) is 3.16. The molecule has 2 atom stereocenters. The summed E-state index contributed by atoms with van der Waals surface area (Å²) in [5.74, 6) is 0.881. The summed E-state index contributed by atoms with van der Waals surface area (Å²) in [6.45, 7) is 3.29. The molecule has 1 aromatic carbocycles. The maximum absolute atomic E-state index is 5.72. The molecule has 3 N–H and O–H groups in total. The summed E-state index contributed by atoms with van der Waals surface area (Å²) >= 11 is 1.56. The quantitative estimate of drug-likeness (QED) is 0.892. The molecule has 18 heavy (non-hydrogen) atoms. The molecule has 1 heterocycles. The smallest absolute Gasteiger partial charge is 0.181 e. The molecule has 0 aliphatic heterocycles. The number of hydrogen-bond donors (Lipinski definition) is 2. The molecule has 3 rings (SSSR count). The number of nitrogens with two attached hydrogens (primary N) is 1. The predicted molar refractivity (Wildman–Crippen MR) is 77.7 cm³/mol. The number of hydrogen-bond acceptors (Lipinski definition) is 4. The van der Waals surface area contributed by atoms with Gasteiger partial charge in [-0.2, -0.15) is 0 Å². The van der Waals surface area contributed by atoms with Gasteiger partial charge in [0.25, 0.3) is 0 Å². The van der Waals surface area contributed by atoms with E-state index in [2.05, 4.69) is 35.4 Å². The van der Waals surface area contributed by atoms with Crippen molar-refractivity contribution in [1.82, 2.24) is 10.3 Å². The Labute approximate surface area is 111 Å². The van der Waals surface area contributed by atoms with E-state index < -0.39 is 0 Å². The van der Waals surface area contributed by atoms with Gasteiger partial charge in [-0.3, -0.25) is 0 Å². The second kappa shape index (κ2) is 4.86. The third kappa shape index (κ3) is 2.49. The normalized spacial score (nSPS) is 23.8. The minimum atomic E-state index is 0.653. The summed E-state index contributed by atoms with van der Waals surface area (Å²) in [6, 6.07) is 7.11. The molecule has 2 unspecified atom stereocenters. The van der Waals surface area contributed by atoms with E-state index in [0.29, 0.717) is 11.2 Å². The number of aromatic nitrogens is 1. The van der Waals surface area contributed by atoms with Crippen molar-refractivity contribution in [1.29, 1.82) is 0 Å². The number of thiazole rings is 1. The van der Waals surface area contributed by atoms with Gasteiger partial charge in [0.1, 0.15) is 0 Å². The Kier molecular flexibility index (Phi) is 3.22. The lowest BCUT2D eigenvalue weighted by molar-refractivity contribution is 0.502. The zero-order valence-corrected chi connectivity index (χ0v) is 11.5. The van der Waals surface area contributed by atoms with E-state index in [9.17, 15) is 0 Å². The van der Waals surface area contributed by atoms with Crippen LogP contribution in [0.1, 0.15) is 31.7 Å². The van der Waals surface area contributed by atoms with Crippen molar-refractivity contribution in [3.05, 3.63) is 23.8 Å². The van der Waals surface area contributed by atoms with Crippen LogP contribution in [0.25, 0.3) is 10.2 Å². The molecule has 0 saturated heterocycles. The van der Waals surface area contributed by atoms with E-state index in [0.717, 1.165) is 18.0 Å². The first-order valence-corrected chi connectivity index (χ1v) is 7.40. The summed E-state index contributed by atoms with van der Waals surface area (Å²) in [5, 5.41) is 4.31. The largest absolute Gasteiger partial charge is 0.375 e. The lowest BCUT2D eigenvalue weighted by atomic mass is 10.1. The molecule has 1 fully saturated rings. The molecular weight excluding hydrogens is 242 g/mol. The van der Waals surface area contributed by atoms with Gasteiger partial charge in [0.15, 0.2) is 5.13 Å². The van der Waals surface area contributed by atoms with E-state index in [1.165, 1.54) is 29.5 Å². The Hall–Kier alpha value is -1.13. The SMILES string of the molecule is CC1CCC(NCc2ccc3nc(N)sc3c2)C1. The number of fused-ring (bicyclic) bond motifs is 1. The van der Waals surface area contributed by atoms with Crippen LogP contribution in [-0.2, 0) is 6.54 Å². The topological polar surface area (TPSA) is 50.9 Å². The Bertz CT molecular complexity index is 549. The fourth-order valence-corrected chi connectivity index (χ4v) is 3.55. The first-order chi connectivity index (χ1) is 8.70. The molecule has 0 radical (unpaired) electrons. The van der Waals surface area contributed by atoms with Crippen molar-refractivity contribution >= 4 is 26.7 Å². The zero-order valence-electron chi connectivity index (χ0n) is 10.6. The van der Waals surface area contributed by atoms with Crippen molar-refractivity contribution in [2.45, 2.75) is 38.8 Å². The second-order valence-corrected chi connectivity index (χ2v) is 6.41. The van der Waals surface area contributed by atoms with Gasteiger partial charge in [-0.05, 0) is 42.9 Å². The molecule has 3 nitrogen and oxygen atoms in total. The van der Waals surface area contributed by atoms with Crippen molar-refractivity contribution in [3.8, 4) is 0 Å². The molecule has 1 saturated carbocycles. The first-order valence-electron chi connectivity index (χ1n) is 6.59. The zero-order chi connectivity index (χ0) is 12.5. The summed E-state index contributed by atoms with van der Waals surface area (Å²) in [4.78, 5) is 4.28.